The van der Waals surface area contributed by atoms with E-state index < -0.39 is 23.7 Å². The summed E-state index contributed by atoms with van der Waals surface area (Å²) < 4.78 is 62.9. The molecule has 0 aliphatic rings. The molecule has 0 atom stereocenters. The molecule has 0 unspecified atom stereocenters. The van der Waals surface area contributed by atoms with Gasteiger partial charge in [0.1, 0.15) is 35.5 Å². The lowest BCUT2D eigenvalue weighted by atomic mass is 10.1. The molecule has 0 aliphatic heterocycles. The van der Waals surface area contributed by atoms with Gasteiger partial charge >= 0.3 is 6.36 Å². The Hall–Kier alpha value is -4.53. The SMILES string of the molecule is COc1ccc(F)c2c1cc(C#N)n2CCNc1cc(-c2ccc(O)c(OC(F)(F)F)c2)ncn1. The number of rotatable bonds is 7. The Bertz CT molecular complexity index is 1430. The molecule has 0 saturated carbocycles. The molecule has 0 bridgehead atoms. The molecule has 4 rings (SSSR count). The number of alkyl halides is 3. The van der Waals surface area contributed by atoms with Gasteiger partial charge in [0.2, 0.25) is 0 Å². The lowest BCUT2D eigenvalue weighted by Gasteiger charge is -2.12. The first-order valence-corrected chi connectivity index (χ1v) is 10.1. The van der Waals surface area contributed by atoms with E-state index in [2.05, 4.69) is 20.0 Å². The number of aromatic hydroxyl groups is 1. The molecule has 180 valence electrons. The van der Waals surface area contributed by atoms with Crippen LogP contribution in [0.3, 0.4) is 0 Å². The number of hydrogen-bond acceptors (Lipinski definition) is 7. The van der Waals surface area contributed by atoms with Crippen LogP contribution >= 0.6 is 0 Å². The Balaban J connectivity index is 1.54. The van der Waals surface area contributed by atoms with Crippen molar-refractivity contribution in [2.45, 2.75) is 12.9 Å². The van der Waals surface area contributed by atoms with Gasteiger partial charge in [-0.1, -0.05) is 0 Å². The van der Waals surface area contributed by atoms with Crippen LogP contribution in [0.4, 0.5) is 23.4 Å². The second-order valence-corrected chi connectivity index (χ2v) is 7.25. The van der Waals surface area contributed by atoms with Crippen molar-refractivity contribution < 1.29 is 32.1 Å². The molecule has 12 heteroatoms. The molecule has 2 N–H and O–H groups in total. The molecular weight excluding hydrogens is 470 g/mol. The zero-order valence-corrected chi connectivity index (χ0v) is 18.1. The van der Waals surface area contributed by atoms with Crippen molar-refractivity contribution in [3.8, 4) is 34.6 Å². The normalized spacial score (nSPS) is 11.3. The molecule has 2 aromatic heterocycles. The maximum absolute atomic E-state index is 14.5. The fourth-order valence-electron chi connectivity index (χ4n) is 3.60. The van der Waals surface area contributed by atoms with Crippen LogP contribution in [-0.4, -0.2) is 39.7 Å². The lowest BCUT2D eigenvalue weighted by molar-refractivity contribution is -0.275. The van der Waals surface area contributed by atoms with E-state index in [4.69, 9.17) is 4.74 Å². The number of nitrogens with zero attached hydrogens (tertiary/aromatic N) is 4. The maximum atomic E-state index is 14.5. The first-order chi connectivity index (χ1) is 16.7. The quantitative estimate of drug-likeness (QED) is 0.360. The molecule has 8 nitrogen and oxygen atoms in total. The summed E-state index contributed by atoms with van der Waals surface area (Å²) in [5, 5.41) is 22.6. The second kappa shape index (κ2) is 9.38. The van der Waals surface area contributed by atoms with E-state index in [1.165, 1.54) is 42.3 Å². The first-order valence-electron chi connectivity index (χ1n) is 10.1. The van der Waals surface area contributed by atoms with Gasteiger partial charge in [-0.2, -0.15) is 5.26 Å². The first kappa shape index (κ1) is 23.6. The monoisotopic (exact) mass is 487 g/mol. The van der Waals surface area contributed by atoms with Crippen LogP contribution in [0.5, 0.6) is 17.2 Å². The third-order valence-electron chi connectivity index (χ3n) is 5.09. The van der Waals surface area contributed by atoms with Gasteiger partial charge in [-0.15, -0.1) is 13.2 Å². The molecular formula is C23H17F4N5O3. The predicted octanol–water partition coefficient (Wildman–Crippen LogP) is 4.83. The standard InChI is InChI=1S/C23H17F4N5O3/c1-34-19-5-3-16(24)22-15(19)9-14(11-28)32(22)7-6-29-21-10-17(30-12-31-21)13-2-4-18(33)20(8-13)35-23(25,26)27/h2-5,8-10,12,33H,6-7H2,1H3,(H,29,30,31). The van der Waals surface area contributed by atoms with E-state index in [9.17, 15) is 27.9 Å². The Morgan fingerprint density at radius 1 is 1.11 bits per heavy atom. The van der Waals surface area contributed by atoms with Crippen molar-refractivity contribution in [1.29, 1.82) is 5.26 Å². The van der Waals surface area contributed by atoms with Gasteiger partial charge in [0.15, 0.2) is 11.5 Å². The number of hydrogen-bond donors (Lipinski definition) is 2. The van der Waals surface area contributed by atoms with Gasteiger partial charge in [0, 0.05) is 30.1 Å². The average Bonchev–Trinajstić information content (AvgIpc) is 3.20. The van der Waals surface area contributed by atoms with Crippen molar-refractivity contribution in [1.82, 2.24) is 14.5 Å². The van der Waals surface area contributed by atoms with Crippen LogP contribution in [0.2, 0.25) is 0 Å². The number of phenols is 1. The topological polar surface area (TPSA) is 105 Å². The largest absolute Gasteiger partial charge is 0.573 e. The summed E-state index contributed by atoms with van der Waals surface area (Å²) in [6.07, 6.45) is -3.76. The summed E-state index contributed by atoms with van der Waals surface area (Å²) in [5.74, 6) is -1.16. The smallest absolute Gasteiger partial charge is 0.504 e. The Kier molecular flexibility index (Phi) is 6.33. The van der Waals surface area contributed by atoms with E-state index in [1.54, 1.807) is 6.07 Å². The molecule has 2 heterocycles. The Labute approximate surface area is 196 Å². The fraction of sp³-hybridized carbons (Fsp3) is 0.174. The number of nitriles is 1. The predicted molar refractivity (Wildman–Crippen MR) is 117 cm³/mol. The van der Waals surface area contributed by atoms with E-state index in [1.807, 2.05) is 6.07 Å². The third kappa shape index (κ3) is 5.03. The van der Waals surface area contributed by atoms with Crippen LogP contribution < -0.4 is 14.8 Å². The van der Waals surface area contributed by atoms with Gasteiger partial charge in [-0.05, 0) is 36.4 Å². The molecule has 0 fully saturated rings. The van der Waals surface area contributed by atoms with Gasteiger partial charge < -0.3 is 24.5 Å². The van der Waals surface area contributed by atoms with Crippen molar-refractivity contribution in [3.63, 3.8) is 0 Å². The molecule has 2 aromatic carbocycles. The highest BCUT2D eigenvalue weighted by Gasteiger charge is 2.32. The number of phenolic OH excluding ortho intramolecular Hbond substituents is 1. The van der Waals surface area contributed by atoms with E-state index in [0.29, 0.717) is 17.0 Å². The summed E-state index contributed by atoms with van der Waals surface area (Å²) in [4.78, 5) is 8.13. The van der Waals surface area contributed by atoms with Crippen LogP contribution in [-0.2, 0) is 6.54 Å². The minimum absolute atomic E-state index is 0.207. The maximum Gasteiger partial charge on any atom is 0.573 e. The molecule has 35 heavy (non-hydrogen) atoms. The van der Waals surface area contributed by atoms with Crippen LogP contribution in [0.25, 0.3) is 22.2 Å². The van der Waals surface area contributed by atoms with Gasteiger partial charge in [0.05, 0.1) is 18.3 Å². The average molecular weight is 487 g/mol. The summed E-state index contributed by atoms with van der Waals surface area (Å²) in [7, 11) is 1.45. The van der Waals surface area contributed by atoms with Crippen molar-refractivity contribution in [3.05, 3.63) is 60.3 Å². The highest BCUT2D eigenvalue weighted by atomic mass is 19.4. The molecule has 0 spiro atoms. The van der Waals surface area contributed by atoms with Gasteiger partial charge in [-0.3, -0.25) is 0 Å². The van der Waals surface area contributed by atoms with E-state index in [0.717, 1.165) is 12.1 Å². The zero-order chi connectivity index (χ0) is 25.2. The molecule has 0 amide bonds. The number of aromatic nitrogens is 3. The fourth-order valence-corrected chi connectivity index (χ4v) is 3.60. The number of methoxy groups -OCH3 is 1. The highest BCUT2D eigenvalue weighted by molar-refractivity contribution is 5.88. The van der Waals surface area contributed by atoms with Gasteiger partial charge in [0.25, 0.3) is 0 Å². The highest BCUT2D eigenvalue weighted by Crippen LogP contribution is 2.35. The Morgan fingerprint density at radius 3 is 2.63 bits per heavy atom. The summed E-state index contributed by atoms with van der Waals surface area (Å²) >= 11 is 0. The number of anilines is 1. The number of ether oxygens (including phenoxy) is 2. The third-order valence-corrected chi connectivity index (χ3v) is 5.09. The van der Waals surface area contributed by atoms with Crippen molar-refractivity contribution >= 4 is 16.7 Å². The molecule has 0 radical (unpaired) electrons. The minimum Gasteiger partial charge on any atom is -0.504 e. The van der Waals surface area contributed by atoms with Crippen LogP contribution in [0, 0.1) is 17.1 Å². The summed E-state index contributed by atoms with van der Waals surface area (Å²) in [6.45, 7) is 0.447. The van der Waals surface area contributed by atoms with Crippen molar-refractivity contribution in [2.75, 3.05) is 19.0 Å². The number of fused-ring (bicyclic) bond motifs is 1. The summed E-state index contributed by atoms with van der Waals surface area (Å²) in [5.41, 5.74) is 1.00. The minimum atomic E-state index is -4.97. The zero-order valence-electron chi connectivity index (χ0n) is 18.1. The lowest BCUT2D eigenvalue weighted by Crippen LogP contribution is -2.17. The van der Waals surface area contributed by atoms with E-state index >= 15 is 0 Å². The molecule has 0 saturated heterocycles. The van der Waals surface area contributed by atoms with Crippen LogP contribution in [0.1, 0.15) is 5.69 Å². The van der Waals surface area contributed by atoms with Gasteiger partial charge in [-0.25, -0.2) is 14.4 Å². The molecule has 4 aromatic rings. The Morgan fingerprint density at radius 2 is 1.91 bits per heavy atom. The van der Waals surface area contributed by atoms with Crippen LogP contribution in [0.15, 0.2) is 48.8 Å². The molecule has 0 aliphatic carbocycles. The number of halogens is 4. The van der Waals surface area contributed by atoms with E-state index in [-0.39, 0.29) is 35.6 Å². The number of nitrogens with one attached hydrogen (secondary N) is 1. The second-order valence-electron chi connectivity index (χ2n) is 7.25. The summed E-state index contributed by atoms with van der Waals surface area (Å²) in [6, 6.07) is 11.3. The number of benzene rings is 2. The van der Waals surface area contributed by atoms with Crippen molar-refractivity contribution in [2.24, 2.45) is 0 Å².